The largest absolute Gasteiger partial charge is 0.508 e. The quantitative estimate of drug-likeness (QED) is 0.209. The van der Waals surface area contributed by atoms with Crippen molar-refractivity contribution < 1.29 is 40.2 Å². The minimum Gasteiger partial charge on any atom is -0.450 e. The summed E-state index contributed by atoms with van der Waals surface area (Å²) in [4.78, 5) is 9.89. The van der Waals surface area contributed by atoms with Crippen LogP contribution in [0.15, 0.2) is 0 Å². The van der Waals surface area contributed by atoms with Gasteiger partial charge in [-0.25, -0.2) is 4.79 Å². The fourth-order valence-corrected chi connectivity index (χ4v) is 0.677. The fraction of sp³-hybridized carbons (Fsp3) is 0.833. The third kappa shape index (κ3) is 3.85. The minimum atomic E-state index is -2.19. The maximum Gasteiger partial charge on any atom is 0.508 e. The van der Waals surface area contributed by atoms with Crippen LogP contribution in [0.2, 0.25) is 0 Å². The standard InChI is InChI=1S/C6H12O8/c7-1-2(8)3(9)4(10)5(11)14-6(12)13/h2-5,7-11H,1H2,(H,12,13). The Balaban J connectivity index is 4.15. The first kappa shape index (κ1) is 13.1. The molecule has 0 aromatic carbocycles. The maximum absolute atomic E-state index is 9.89. The summed E-state index contributed by atoms with van der Waals surface area (Å²) in [6, 6.07) is 0. The molecule has 0 saturated carbocycles. The van der Waals surface area contributed by atoms with Crippen LogP contribution < -0.4 is 0 Å². The lowest BCUT2D eigenvalue weighted by Gasteiger charge is -2.24. The lowest BCUT2D eigenvalue weighted by atomic mass is 10.1. The maximum atomic E-state index is 9.89. The van der Waals surface area contributed by atoms with E-state index in [0.29, 0.717) is 0 Å². The molecule has 0 radical (unpaired) electrons. The van der Waals surface area contributed by atoms with Crippen molar-refractivity contribution in [2.45, 2.75) is 24.6 Å². The monoisotopic (exact) mass is 212 g/mol. The van der Waals surface area contributed by atoms with Gasteiger partial charge in [-0.05, 0) is 0 Å². The van der Waals surface area contributed by atoms with E-state index in [1.807, 2.05) is 0 Å². The van der Waals surface area contributed by atoms with E-state index in [0.717, 1.165) is 0 Å². The summed E-state index contributed by atoms with van der Waals surface area (Å²) in [6.07, 6.45) is -9.68. The zero-order valence-electron chi connectivity index (χ0n) is 7.02. The molecule has 0 aliphatic heterocycles. The van der Waals surface area contributed by atoms with Crippen molar-refractivity contribution in [3.05, 3.63) is 0 Å². The van der Waals surface area contributed by atoms with Crippen LogP contribution in [0.25, 0.3) is 0 Å². The van der Waals surface area contributed by atoms with Crippen LogP contribution in [0.1, 0.15) is 0 Å². The molecule has 0 amide bonds. The number of carboxylic acid groups (broad SMARTS) is 1. The Hall–Kier alpha value is -0.930. The van der Waals surface area contributed by atoms with Gasteiger partial charge in [-0.1, -0.05) is 0 Å². The first-order chi connectivity index (χ1) is 6.40. The summed E-state index contributed by atoms with van der Waals surface area (Å²) in [5.41, 5.74) is 0. The molecular weight excluding hydrogens is 200 g/mol. The molecule has 0 rings (SSSR count). The second-order valence-corrected chi connectivity index (χ2v) is 2.51. The van der Waals surface area contributed by atoms with E-state index in [-0.39, 0.29) is 0 Å². The second-order valence-electron chi connectivity index (χ2n) is 2.51. The summed E-state index contributed by atoms with van der Waals surface area (Å²) in [7, 11) is 0. The average molecular weight is 212 g/mol. The van der Waals surface area contributed by atoms with Crippen molar-refractivity contribution in [2.75, 3.05) is 6.61 Å². The van der Waals surface area contributed by atoms with Gasteiger partial charge in [-0.2, -0.15) is 0 Å². The fourth-order valence-electron chi connectivity index (χ4n) is 0.677. The minimum absolute atomic E-state index is 0.849. The molecule has 4 atom stereocenters. The molecule has 0 aliphatic carbocycles. The summed E-state index contributed by atoms with van der Waals surface area (Å²) < 4.78 is 3.70. The first-order valence-electron chi connectivity index (χ1n) is 3.62. The lowest BCUT2D eigenvalue weighted by Crippen LogP contribution is -2.47. The number of rotatable bonds is 5. The Bertz CT molecular complexity index is 183. The van der Waals surface area contributed by atoms with Crippen molar-refractivity contribution in [1.29, 1.82) is 0 Å². The van der Waals surface area contributed by atoms with Gasteiger partial charge in [0.25, 0.3) is 0 Å². The number of hydrogen-bond donors (Lipinski definition) is 6. The van der Waals surface area contributed by atoms with Crippen molar-refractivity contribution in [2.24, 2.45) is 0 Å². The Kier molecular flexibility index (Phi) is 5.35. The van der Waals surface area contributed by atoms with Crippen LogP contribution in [0, 0.1) is 0 Å². The number of hydrogen-bond acceptors (Lipinski definition) is 7. The predicted molar refractivity (Wildman–Crippen MR) is 40.2 cm³/mol. The molecule has 0 spiro atoms. The van der Waals surface area contributed by atoms with Crippen molar-refractivity contribution in [3.63, 3.8) is 0 Å². The highest BCUT2D eigenvalue weighted by molar-refractivity contribution is 5.56. The SMILES string of the molecule is O=C(O)OC(O)C(O)C(O)C(O)CO. The Morgan fingerprint density at radius 1 is 1.14 bits per heavy atom. The van der Waals surface area contributed by atoms with E-state index in [2.05, 4.69) is 4.74 Å². The van der Waals surface area contributed by atoms with E-state index in [1.165, 1.54) is 0 Å². The number of aliphatic hydroxyl groups excluding tert-OH is 5. The number of carbonyl (C=O) groups is 1. The third-order valence-electron chi connectivity index (χ3n) is 1.44. The van der Waals surface area contributed by atoms with Gasteiger partial charge in [0.15, 0.2) is 0 Å². The highest BCUT2D eigenvalue weighted by Crippen LogP contribution is 2.06. The summed E-state index contributed by atoms with van der Waals surface area (Å²) in [6.45, 7) is -0.849. The summed E-state index contributed by atoms with van der Waals surface area (Å²) >= 11 is 0. The van der Waals surface area contributed by atoms with E-state index in [1.54, 1.807) is 0 Å². The van der Waals surface area contributed by atoms with Gasteiger partial charge in [-0.15, -0.1) is 0 Å². The Morgan fingerprint density at radius 2 is 1.64 bits per heavy atom. The zero-order valence-corrected chi connectivity index (χ0v) is 7.02. The van der Waals surface area contributed by atoms with Gasteiger partial charge in [0.05, 0.1) is 6.61 Å². The molecule has 6 N–H and O–H groups in total. The zero-order chi connectivity index (χ0) is 11.3. The molecule has 0 bridgehead atoms. The molecule has 8 nitrogen and oxygen atoms in total. The van der Waals surface area contributed by atoms with Crippen LogP contribution in [-0.4, -0.2) is 68.0 Å². The smallest absolute Gasteiger partial charge is 0.450 e. The van der Waals surface area contributed by atoms with Crippen LogP contribution in [0.5, 0.6) is 0 Å². The van der Waals surface area contributed by atoms with Crippen LogP contribution in [0.3, 0.4) is 0 Å². The molecule has 4 unspecified atom stereocenters. The van der Waals surface area contributed by atoms with E-state index < -0.39 is 37.4 Å². The normalized spacial score (nSPS) is 19.5. The Labute approximate surface area is 78.6 Å². The highest BCUT2D eigenvalue weighted by atomic mass is 16.7. The molecule has 0 fully saturated rings. The van der Waals surface area contributed by atoms with Crippen LogP contribution in [0.4, 0.5) is 4.79 Å². The summed E-state index contributed by atoms with van der Waals surface area (Å²) in [5, 5.41) is 51.9. The molecule has 8 heteroatoms. The summed E-state index contributed by atoms with van der Waals surface area (Å²) in [5.74, 6) is 0. The van der Waals surface area contributed by atoms with Gasteiger partial charge in [0.2, 0.25) is 6.29 Å². The third-order valence-corrected chi connectivity index (χ3v) is 1.44. The van der Waals surface area contributed by atoms with Gasteiger partial charge in [0.1, 0.15) is 18.3 Å². The van der Waals surface area contributed by atoms with Gasteiger partial charge in [-0.3, -0.25) is 0 Å². The first-order valence-corrected chi connectivity index (χ1v) is 3.62. The van der Waals surface area contributed by atoms with E-state index in [4.69, 9.17) is 30.6 Å². The second kappa shape index (κ2) is 5.73. The number of ether oxygens (including phenoxy) is 1. The van der Waals surface area contributed by atoms with Crippen molar-refractivity contribution in [3.8, 4) is 0 Å². The Morgan fingerprint density at radius 3 is 2.00 bits per heavy atom. The number of aliphatic hydroxyl groups is 5. The lowest BCUT2D eigenvalue weighted by molar-refractivity contribution is -0.186. The van der Waals surface area contributed by atoms with E-state index in [9.17, 15) is 4.79 Å². The topological polar surface area (TPSA) is 148 Å². The van der Waals surface area contributed by atoms with Crippen LogP contribution in [-0.2, 0) is 4.74 Å². The molecule has 14 heavy (non-hydrogen) atoms. The molecule has 84 valence electrons. The average Bonchev–Trinajstić information content (AvgIpc) is 2.13. The predicted octanol–water partition coefficient (Wildman–Crippen LogP) is -2.93. The van der Waals surface area contributed by atoms with Gasteiger partial charge in [0, 0.05) is 0 Å². The van der Waals surface area contributed by atoms with E-state index >= 15 is 0 Å². The molecule has 0 aliphatic rings. The van der Waals surface area contributed by atoms with Gasteiger partial charge < -0.3 is 35.4 Å². The molecular formula is C6H12O8. The van der Waals surface area contributed by atoms with Gasteiger partial charge >= 0.3 is 6.16 Å². The van der Waals surface area contributed by atoms with Crippen molar-refractivity contribution >= 4 is 6.16 Å². The molecule has 0 heterocycles. The van der Waals surface area contributed by atoms with Crippen LogP contribution >= 0.6 is 0 Å². The molecule has 0 saturated heterocycles. The molecule has 0 aromatic rings. The van der Waals surface area contributed by atoms with Crippen molar-refractivity contribution in [1.82, 2.24) is 0 Å². The molecule has 0 aromatic heterocycles. The highest BCUT2D eigenvalue weighted by Gasteiger charge is 2.32.